The fraction of sp³-hybridized carbons (Fsp3) is 0.158. The minimum Gasteiger partial charge on any atom is -0.493 e. The Morgan fingerprint density at radius 3 is 2.59 bits per heavy atom. The van der Waals surface area contributed by atoms with Gasteiger partial charge in [-0.15, -0.1) is 11.3 Å². The highest BCUT2D eigenvalue weighted by atomic mass is 35.5. The highest BCUT2D eigenvalue weighted by Gasteiger charge is 2.12. The van der Waals surface area contributed by atoms with E-state index in [-0.39, 0.29) is 6.61 Å². The molecule has 0 aliphatic rings. The molecule has 2 aromatic carbocycles. The van der Waals surface area contributed by atoms with Gasteiger partial charge in [0.2, 0.25) is 5.13 Å². The summed E-state index contributed by atoms with van der Waals surface area (Å²) in [6.45, 7) is 2.14. The lowest BCUT2D eigenvalue weighted by molar-refractivity contribution is 0.284. The van der Waals surface area contributed by atoms with Crippen LogP contribution in [0.15, 0.2) is 46.9 Å². The number of methoxy groups -OCH3 is 1. The summed E-state index contributed by atoms with van der Waals surface area (Å²) < 4.78 is 11.4. The van der Waals surface area contributed by atoms with E-state index in [0.29, 0.717) is 27.1 Å². The molecular weight excluding hydrogens is 405 g/mol. The fourth-order valence-electron chi connectivity index (χ4n) is 2.33. The number of para-hydroxylation sites is 1. The Balaban J connectivity index is 1.81. The lowest BCUT2D eigenvalue weighted by Gasteiger charge is -2.14. The van der Waals surface area contributed by atoms with Gasteiger partial charge in [0, 0.05) is 26.6 Å². The Morgan fingerprint density at radius 2 is 1.93 bits per heavy atom. The second-order valence-electron chi connectivity index (χ2n) is 5.53. The maximum absolute atomic E-state index is 6.22. The minimum atomic E-state index is 0.207. The van der Waals surface area contributed by atoms with Crippen LogP contribution in [0.1, 0.15) is 16.8 Å². The Bertz CT molecular complexity index is 940. The molecule has 0 amide bonds. The van der Waals surface area contributed by atoms with E-state index < -0.39 is 0 Å². The number of benzene rings is 2. The number of thiazole rings is 1. The highest BCUT2D eigenvalue weighted by molar-refractivity contribution is 7.13. The van der Waals surface area contributed by atoms with Crippen molar-refractivity contribution in [3.63, 3.8) is 0 Å². The normalized spacial score (nSPS) is 11.0. The summed E-state index contributed by atoms with van der Waals surface area (Å²) >= 11 is 13.9. The smallest absolute Gasteiger partial charge is 0.203 e. The van der Waals surface area contributed by atoms with Crippen molar-refractivity contribution in [1.29, 1.82) is 0 Å². The van der Waals surface area contributed by atoms with Gasteiger partial charge < -0.3 is 9.47 Å². The molecule has 0 unspecified atom stereocenters. The van der Waals surface area contributed by atoms with Gasteiger partial charge >= 0.3 is 0 Å². The van der Waals surface area contributed by atoms with Crippen LogP contribution >= 0.6 is 34.5 Å². The fourth-order valence-corrected chi connectivity index (χ4v) is 3.47. The second kappa shape index (κ2) is 9.08. The van der Waals surface area contributed by atoms with Crippen LogP contribution in [0.4, 0.5) is 5.13 Å². The molecule has 0 saturated carbocycles. The molecule has 0 radical (unpaired) electrons. The SMILES string of the molecule is COc1cccc(C=NNc2nc(C)cs2)c1OCc1c(Cl)cccc1Cl. The van der Waals surface area contributed by atoms with Crippen molar-refractivity contribution in [2.24, 2.45) is 5.10 Å². The topological polar surface area (TPSA) is 55.7 Å². The summed E-state index contributed by atoms with van der Waals surface area (Å²) in [5.74, 6) is 1.14. The average molecular weight is 422 g/mol. The summed E-state index contributed by atoms with van der Waals surface area (Å²) in [4.78, 5) is 4.30. The van der Waals surface area contributed by atoms with Crippen molar-refractivity contribution >= 4 is 45.9 Å². The number of ether oxygens (including phenoxy) is 2. The predicted octanol–water partition coefficient (Wildman–Crippen LogP) is 5.79. The summed E-state index contributed by atoms with van der Waals surface area (Å²) in [5.41, 5.74) is 5.32. The number of anilines is 1. The largest absolute Gasteiger partial charge is 0.493 e. The van der Waals surface area contributed by atoms with Crippen LogP contribution in [-0.4, -0.2) is 18.3 Å². The zero-order valence-electron chi connectivity index (χ0n) is 14.7. The van der Waals surface area contributed by atoms with Crippen molar-refractivity contribution in [3.05, 3.63) is 68.6 Å². The van der Waals surface area contributed by atoms with Crippen molar-refractivity contribution < 1.29 is 9.47 Å². The number of halogens is 2. The van der Waals surface area contributed by atoms with Gasteiger partial charge in [-0.3, -0.25) is 5.43 Å². The first-order valence-electron chi connectivity index (χ1n) is 8.02. The van der Waals surface area contributed by atoms with E-state index in [0.717, 1.165) is 16.4 Å². The van der Waals surface area contributed by atoms with Crippen LogP contribution in [0.3, 0.4) is 0 Å². The van der Waals surface area contributed by atoms with Gasteiger partial charge in [-0.2, -0.15) is 5.10 Å². The molecule has 0 bridgehead atoms. The van der Waals surface area contributed by atoms with E-state index >= 15 is 0 Å². The number of hydrogen-bond acceptors (Lipinski definition) is 6. The number of nitrogens with one attached hydrogen (secondary N) is 1. The molecule has 3 aromatic rings. The lowest BCUT2D eigenvalue weighted by Crippen LogP contribution is -2.02. The number of nitrogens with zero attached hydrogens (tertiary/aromatic N) is 2. The molecule has 1 N–H and O–H groups in total. The molecule has 5 nitrogen and oxygen atoms in total. The molecule has 0 fully saturated rings. The zero-order chi connectivity index (χ0) is 19.2. The summed E-state index contributed by atoms with van der Waals surface area (Å²) in [6.07, 6.45) is 1.66. The first-order valence-corrected chi connectivity index (χ1v) is 9.66. The van der Waals surface area contributed by atoms with Crippen molar-refractivity contribution in [2.75, 3.05) is 12.5 Å². The van der Waals surface area contributed by atoms with Crippen LogP contribution < -0.4 is 14.9 Å². The number of hydrazone groups is 1. The van der Waals surface area contributed by atoms with E-state index in [2.05, 4.69) is 15.5 Å². The Morgan fingerprint density at radius 1 is 1.19 bits per heavy atom. The number of aromatic nitrogens is 1. The van der Waals surface area contributed by atoms with Crippen LogP contribution in [0, 0.1) is 6.92 Å². The van der Waals surface area contributed by atoms with Gasteiger partial charge in [0.1, 0.15) is 6.61 Å². The van der Waals surface area contributed by atoms with Gasteiger partial charge in [-0.05, 0) is 31.2 Å². The van der Waals surface area contributed by atoms with Crippen LogP contribution in [0.25, 0.3) is 0 Å². The van der Waals surface area contributed by atoms with Crippen LogP contribution in [0.5, 0.6) is 11.5 Å². The molecule has 1 heterocycles. The van der Waals surface area contributed by atoms with E-state index in [1.165, 1.54) is 11.3 Å². The molecule has 0 atom stereocenters. The Labute approximate surface area is 171 Å². The minimum absolute atomic E-state index is 0.207. The molecule has 0 saturated heterocycles. The summed E-state index contributed by atoms with van der Waals surface area (Å²) in [7, 11) is 1.59. The van der Waals surface area contributed by atoms with Crippen LogP contribution in [0.2, 0.25) is 10.0 Å². The first-order chi connectivity index (χ1) is 13.1. The third-order valence-corrected chi connectivity index (χ3v) is 5.21. The highest BCUT2D eigenvalue weighted by Crippen LogP contribution is 2.33. The molecule has 0 aliphatic carbocycles. The quantitative estimate of drug-likeness (QED) is 0.387. The molecule has 0 spiro atoms. The maximum atomic E-state index is 6.22. The van der Waals surface area contributed by atoms with Gasteiger partial charge in [-0.1, -0.05) is 35.3 Å². The summed E-state index contributed by atoms with van der Waals surface area (Å²) in [5, 5.41) is 8.00. The van der Waals surface area contributed by atoms with Crippen LogP contribution in [-0.2, 0) is 6.61 Å². The monoisotopic (exact) mass is 421 g/mol. The predicted molar refractivity (Wildman–Crippen MR) is 112 cm³/mol. The van der Waals surface area contributed by atoms with E-state index in [4.69, 9.17) is 32.7 Å². The zero-order valence-corrected chi connectivity index (χ0v) is 17.0. The van der Waals surface area contributed by atoms with Gasteiger partial charge in [0.05, 0.1) is 19.0 Å². The van der Waals surface area contributed by atoms with E-state index in [1.807, 2.05) is 30.5 Å². The molecule has 0 aliphatic heterocycles. The lowest BCUT2D eigenvalue weighted by atomic mass is 10.2. The third kappa shape index (κ3) is 4.91. The number of hydrogen-bond donors (Lipinski definition) is 1. The number of rotatable bonds is 7. The average Bonchev–Trinajstić information content (AvgIpc) is 3.07. The van der Waals surface area contributed by atoms with Gasteiger partial charge in [0.25, 0.3) is 0 Å². The van der Waals surface area contributed by atoms with Gasteiger partial charge in [0.15, 0.2) is 11.5 Å². The Hall–Kier alpha value is -2.28. The Kier molecular flexibility index (Phi) is 6.55. The first kappa shape index (κ1) is 19.5. The summed E-state index contributed by atoms with van der Waals surface area (Å²) in [6, 6.07) is 10.9. The van der Waals surface area contributed by atoms with Gasteiger partial charge in [-0.25, -0.2) is 4.98 Å². The molecular formula is C19H17Cl2N3O2S. The van der Waals surface area contributed by atoms with Crippen molar-refractivity contribution in [3.8, 4) is 11.5 Å². The van der Waals surface area contributed by atoms with E-state index in [9.17, 15) is 0 Å². The van der Waals surface area contributed by atoms with E-state index in [1.54, 1.807) is 31.5 Å². The second-order valence-corrected chi connectivity index (χ2v) is 7.20. The van der Waals surface area contributed by atoms with Crippen molar-refractivity contribution in [2.45, 2.75) is 13.5 Å². The maximum Gasteiger partial charge on any atom is 0.203 e. The molecule has 1 aromatic heterocycles. The molecule has 3 rings (SSSR count). The molecule has 27 heavy (non-hydrogen) atoms. The third-order valence-electron chi connectivity index (χ3n) is 3.63. The molecule has 8 heteroatoms. The molecule has 140 valence electrons. The van der Waals surface area contributed by atoms with Crippen molar-refractivity contribution in [1.82, 2.24) is 4.98 Å². The standard InChI is InChI=1S/C19H17Cl2N3O2S/c1-12-11-27-19(23-12)24-22-9-13-5-3-8-17(25-2)18(13)26-10-14-15(20)6-4-7-16(14)21/h3-9,11H,10H2,1-2H3,(H,23,24). The number of aryl methyl sites for hydroxylation is 1.